The van der Waals surface area contributed by atoms with E-state index < -0.39 is 29.8 Å². The summed E-state index contributed by atoms with van der Waals surface area (Å²) >= 11 is 0. The van der Waals surface area contributed by atoms with Crippen molar-refractivity contribution < 1.29 is 27.8 Å². The van der Waals surface area contributed by atoms with E-state index in [9.17, 15) is 23.1 Å². The van der Waals surface area contributed by atoms with Crippen LogP contribution >= 0.6 is 12.4 Å². The average molecular weight is 419 g/mol. The van der Waals surface area contributed by atoms with Gasteiger partial charge in [0, 0.05) is 6.54 Å². The zero-order valence-electron chi connectivity index (χ0n) is 15.1. The topological polar surface area (TPSA) is 84.6 Å². The molecule has 0 bridgehead atoms. The van der Waals surface area contributed by atoms with Crippen LogP contribution in [0.4, 0.5) is 13.2 Å². The number of rotatable bonds is 7. The molecule has 0 aliphatic carbocycles. The van der Waals surface area contributed by atoms with Crippen LogP contribution in [-0.4, -0.2) is 30.3 Å². The highest BCUT2D eigenvalue weighted by molar-refractivity contribution is 5.85. The molecule has 2 unspecified atom stereocenters. The Bertz CT molecular complexity index is 770. The maximum atomic E-state index is 12.6. The van der Waals surface area contributed by atoms with Crippen LogP contribution in [-0.2, 0) is 11.0 Å². The van der Waals surface area contributed by atoms with Crippen LogP contribution < -0.4 is 15.8 Å². The van der Waals surface area contributed by atoms with Crippen molar-refractivity contribution in [2.45, 2.75) is 25.2 Å². The van der Waals surface area contributed by atoms with Crippen molar-refractivity contribution in [3.8, 4) is 5.75 Å². The zero-order valence-corrected chi connectivity index (χ0v) is 15.9. The van der Waals surface area contributed by atoms with Crippen molar-refractivity contribution in [3.63, 3.8) is 0 Å². The number of aryl methyl sites for hydroxylation is 1. The molecule has 2 rings (SSSR count). The number of amides is 1. The van der Waals surface area contributed by atoms with Gasteiger partial charge in [0.2, 0.25) is 5.91 Å². The average Bonchev–Trinajstić information content (AvgIpc) is 2.64. The molecule has 0 heterocycles. The number of hydrogen-bond acceptors (Lipinski definition) is 4. The number of carbonyl (C=O) groups is 1. The molecule has 0 aliphatic rings. The van der Waals surface area contributed by atoms with Gasteiger partial charge in [0.15, 0.2) is 0 Å². The molecule has 1 amide bonds. The zero-order chi connectivity index (χ0) is 20.0. The Kier molecular flexibility index (Phi) is 8.74. The quantitative estimate of drug-likeness (QED) is 0.645. The molecule has 0 aliphatic heterocycles. The van der Waals surface area contributed by atoms with E-state index in [0.717, 1.165) is 17.7 Å². The molecule has 2 aromatic carbocycles. The van der Waals surface area contributed by atoms with Crippen molar-refractivity contribution in [1.82, 2.24) is 5.32 Å². The number of aliphatic hydroxyl groups is 1. The van der Waals surface area contributed by atoms with Gasteiger partial charge in [-0.1, -0.05) is 35.9 Å². The fraction of sp³-hybridized carbons (Fsp3) is 0.316. The number of nitrogens with two attached hydrogens (primary N) is 1. The lowest BCUT2D eigenvalue weighted by atomic mass is 10.1. The summed E-state index contributed by atoms with van der Waals surface area (Å²) in [6, 6.07) is 10.6. The Labute approximate surface area is 167 Å². The van der Waals surface area contributed by atoms with E-state index in [2.05, 4.69) is 5.32 Å². The van der Waals surface area contributed by atoms with Crippen molar-refractivity contribution in [3.05, 3.63) is 65.2 Å². The predicted molar refractivity (Wildman–Crippen MR) is 101 cm³/mol. The lowest BCUT2D eigenvalue weighted by Gasteiger charge is -2.16. The van der Waals surface area contributed by atoms with Gasteiger partial charge >= 0.3 is 6.18 Å². The van der Waals surface area contributed by atoms with E-state index in [1.807, 2.05) is 19.1 Å². The molecule has 0 aromatic heterocycles. The minimum Gasteiger partial charge on any atom is -0.491 e. The molecule has 0 saturated heterocycles. The summed E-state index contributed by atoms with van der Waals surface area (Å²) in [6.07, 6.45) is -5.58. The molecule has 154 valence electrons. The van der Waals surface area contributed by atoms with Gasteiger partial charge in [-0.15, -0.1) is 12.4 Å². The van der Waals surface area contributed by atoms with E-state index >= 15 is 0 Å². The highest BCUT2D eigenvalue weighted by Crippen LogP contribution is 2.31. The Hall–Kier alpha value is -2.29. The largest absolute Gasteiger partial charge is 0.491 e. The van der Waals surface area contributed by atoms with E-state index in [0.29, 0.717) is 5.56 Å². The highest BCUT2D eigenvalue weighted by Gasteiger charge is 2.30. The van der Waals surface area contributed by atoms with Crippen molar-refractivity contribution in [2.24, 2.45) is 5.73 Å². The van der Waals surface area contributed by atoms with Gasteiger partial charge in [0.05, 0.1) is 5.56 Å². The van der Waals surface area contributed by atoms with Crippen LogP contribution in [0.25, 0.3) is 0 Å². The Morgan fingerprint density at radius 1 is 1.21 bits per heavy atom. The van der Waals surface area contributed by atoms with Gasteiger partial charge in [0.25, 0.3) is 0 Å². The maximum Gasteiger partial charge on any atom is 0.416 e. The number of aliphatic hydroxyl groups excluding tert-OH is 1. The van der Waals surface area contributed by atoms with E-state index in [4.69, 9.17) is 10.5 Å². The second kappa shape index (κ2) is 10.3. The Morgan fingerprint density at radius 2 is 1.86 bits per heavy atom. The van der Waals surface area contributed by atoms with E-state index in [1.54, 1.807) is 12.1 Å². The summed E-state index contributed by atoms with van der Waals surface area (Å²) in [5.41, 5.74) is 6.69. The third-order valence-electron chi connectivity index (χ3n) is 3.83. The highest BCUT2D eigenvalue weighted by atomic mass is 35.5. The number of hydrogen-bond donors (Lipinski definition) is 3. The van der Waals surface area contributed by atoms with Crippen LogP contribution in [0.5, 0.6) is 5.75 Å². The summed E-state index contributed by atoms with van der Waals surface area (Å²) < 4.78 is 43.1. The molecule has 28 heavy (non-hydrogen) atoms. The first-order valence-corrected chi connectivity index (χ1v) is 8.25. The second-order valence-electron chi connectivity index (χ2n) is 6.12. The maximum absolute atomic E-state index is 12.6. The van der Waals surface area contributed by atoms with Gasteiger partial charge in [-0.3, -0.25) is 4.79 Å². The van der Waals surface area contributed by atoms with Gasteiger partial charge in [0.1, 0.15) is 24.5 Å². The van der Waals surface area contributed by atoms with Crippen molar-refractivity contribution in [2.75, 3.05) is 13.2 Å². The summed E-state index contributed by atoms with van der Waals surface area (Å²) in [5, 5.41) is 12.4. The van der Waals surface area contributed by atoms with Crippen LogP contribution in [0.2, 0.25) is 0 Å². The molecular formula is C19H22ClF3N2O3. The molecule has 2 atom stereocenters. The first-order chi connectivity index (χ1) is 12.7. The molecule has 5 nitrogen and oxygen atoms in total. The van der Waals surface area contributed by atoms with Gasteiger partial charge < -0.3 is 20.9 Å². The van der Waals surface area contributed by atoms with Gasteiger partial charge in [-0.25, -0.2) is 0 Å². The van der Waals surface area contributed by atoms with Crippen molar-refractivity contribution >= 4 is 18.3 Å². The number of halogens is 4. The number of alkyl halides is 3. The molecule has 9 heteroatoms. The number of nitrogens with one attached hydrogen (secondary N) is 1. The van der Waals surface area contributed by atoms with E-state index in [1.165, 1.54) is 12.1 Å². The monoisotopic (exact) mass is 418 g/mol. The van der Waals surface area contributed by atoms with Crippen LogP contribution in [0.3, 0.4) is 0 Å². The molecule has 0 radical (unpaired) electrons. The van der Waals surface area contributed by atoms with Gasteiger partial charge in [-0.2, -0.15) is 13.2 Å². The SMILES string of the molecule is Cc1ccc(C(N)C(=O)NCC(O)COc2cccc(C(F)(F)F)c2)cc1.Cl. The molecule has 0 fully saturated rings. The van der Waals surface area contributed by atoms with Crippen LogP contribution in [0.1, 0.15) is 22.7 Å². The Balaban J connectivity index is 0.00000392. The minimum atomic E-state index is -4.47. The first kappa shape index (κ1) is 23.7. The number of ether oxygens (including phenoxy) is 1. The lowest BCUT2D eigenvalue weighted by molar-refractivity contribution is -0.137. The fourth-order valence-electron chi connectivity index (χ4n) is 2.27. The molecule has 0 saturated carbocycles. The third kappa shape index (κ3) is 7.03. The predicted octanol–water partition coefficient (Wildman–Crippen LogP) is 2.99. The lowest BCUT2D eigenvalue weighted by Crippen LogP contribution is -2.40. The van der Waals surface area contributed by atoms with Gasteiger partial charge in [-0.05, 0) is 30.7 Å². The van der Waals surface area contributed by atoms with Crippen molar-refractivity contribution in [1.29, 1.82) is 0 Å². The molecular weight excluding hydrogens is 397 g/mol. The van der Waals surface area contributed by atoms with E-state index in [-0.39, 0.29) is 31.3 Å². The first-order valence-electron chi connectivity index (χ1n) is 8.25. The smallest absolute Gasteiger partial charge is 0.416 e. The Morgan fingerprint density at radius 3 is 2.46 bits per heavy atom. The standard InChI is InChI=1S/C19H21F3N2O3.ClH/c1-12-5-7-13(8-6-12)17(23)18(26)24-10-15(25)11-27-16-4-2-3-14(9-16)19(20,21)22;/h2-9,15,17,25H,10-11,23H2,1H3,(H,24,26);1H. The molecule has 4 N–H and O–H groups in total. The summed E-state index contributed by atoms with van der Waals surface area (Å²) in [4.78, 5) is 12.0. The molecule has 0 spiro atoms. The van der Waals surface area contributed by atoms with Crippen LogP contribution in [0, 0.1) is 6.92 Å². The number of benzene rings is 2. The normalized spacial score (nSPS) is 13.2. The minimum absolute atomic E-state index is 0. The summed E-state index contributed by atoms with van der Waals surface area (Å²) in [5.74, 6) is -0.497. The summed E-state index contributed by atoms with van der Waals surface area (Å²) in [6.45, 7) is 1.49. The fourth-order valence-corrected chi connectivity index (χ4v) is 2.27. The third-order valence-corrected chi connectivity index (χ3v) is 3.83. The summed E-state index contributed by atoms with van der Waals surface area (Å²) in [7, 11) is 0. The number of carbonyl (C=O) groups excluding carboxylic acids is 1. The molecule has 2 aromatic rings. The second-order valence-corrected chi connectivity index (χ2v) is 6.12. The van der Waals surface area contributed by atoms with Crippen LogP contribution in [0.15, 0.2) is 48.5 Å².